The van der Waals surface area contributed by atoms with Gasteiger partial charge in [-0.2, -0.15) is 0 Å². The minimum absolute atomic E-state index is 0.425. The topological polar surface area (TPSA) is 48.8 Å². The average molecular weight is 430 g/mol. The summed E-state index contributed by atoms with van der Waals surface area (Å²) in [6.07, 6.45) is 0.970. The molecule has 4 aromatic rings. The standard InChI is InChI=1S/C26H27N3O3/c1-30-24-14-19-12-13-28(16-20(19)15-25(24)31-2)18-29-23-11-7-6-10-22(23)27-26(29)17-32-21-8-4-3-5-9-21/h3-11,14-15H,12-13,16-18H2,1-2H3. The van der Waals surface area contributed by atoms with Crippen molar-refractivity contribution < 1.29 is 14.2 Å². The van der Waals surface area contributed by atoms with Crippen molar-refractivity contribution in [3.8, 4) is 17.2 Å². The first kappa shape index (κ1) is 20.4. The summed E-state index contributed by atoms with van der Waals surface area (Å²) in [5, 5.41) is 0. The Morgan fingerprint density at radius 2 is 1.59 bits per heavy atom. The minimum Gasteiger partial charge on any atom is -0.493 e. The van der Waals surface area contributed by atoms with Crippen molar-refractivity contribution in [2.24, 2.45) is 0 Å². The molecule has 2 heterocycles. The van der Waals surface area contributed by atoms with Crippen molar-refractivity contribution in [2.45, 2.75) is 26.2 Å². The normalized spacial score (nSPS) is 13.7. The van der Waals surface area contributed by atoms with E-state index in [4.69, 9.17) is 19.2 Å². The molecular weight excluding hydrogens is 402 g/mol. The molecule has 164 valence electrons. The number of rotatable bonds is 7. The van der Waals surface area contributed by atoms with Gasteiger partial charge in [0, 0.05) is 13.1 Å². The fraction of sp³-hybridized carbons (Fsp3) is 0.269. The summed E-state index contributed by atoms with van der Waals surface area (Å²) in [5.41, 5.74) is 4.71. The highest BCUT2D eigenvalue weighted by molar-refractivity contribution is 5.75. The molecule has 5 rings (SSSR count). The summed E-state index contributed by atoms with van der Waals surface area (Å²) < 4.78 is 19.3. The molecule has 0 unspecified atom stereocenters. The molecule has 0 saturated carbocycles. The number of aromatic nitrogens is 2. The Hall–Kier alpha value is -3.51. The third-order valence-electron chi connectivity index (χ3n) is 5.98. The Morgan fingerprint density at radius 3 is 2.38 bits per heavy atom. The molecule has 0 aliphatic carbocycles. The van der Waals surface area contributed by atoms with Crippen LogP contribution in [0.5, 0.6) is 17.2 Å². The zero-order chi connectivity index (χ0) is 21.9. The van der Waals surface area contributed by atoms with Crippen LogP contribution in [0.4, 0.5) is 0 Å². The van der Waals surface area contributed by atoms with Gasteiger partial charge in [0.25, 0.3) is 0 Å². The predicted molar refractivity (Wildman–Crippen MR) is 124 cm³/mol. The highest BCUT2D eigenvalue weighted by Gasteiger charge is 2.21. The lowest BCUT2D eigenvalue weighted by molar-refractivity contribution is 0.192. The van der Waals surface area contributed by atoms with E-state index in [0.29, 0.717) is 6.61 Å². The van der Waals surface area contributed by atoms with Gasteiger partial charge in [-0.05, 0) is 53.9 Å². The number of hydrogen-bond acceptors (Lipinski definition) is 5. The maximum Gasteiger partial charge on any atom is 0.161 e. The van der Waals surface area contributed by atoms with Crippen molar-refractivity contribution in [1.29, 1.82) is 0 Å². The van der Waals surface area contributed by atoms with Crippen LogP contribution in [0.3, 0.4) is 0 Å². The van der Waals surface area contributed by atoms with Gasteiger partial charge < -0.3 is 18.8 Å². The van der Waals surface area contributed by atoms with E-state index in [1.54, 1.807) is 14.2 Å². The first-order valence-corrected chi connectivity index (χ1v) is 10.8. The molecule has 1 aliphatic rings. The molecule has 0 fully saturated rings. The summed E-state index contributed by atoms with van der Waals surface area (Å²) in [5.74, 6) is 3.34. The van der Waals surface area contributed by atoms with Crippen LogP contribution < -0.4 is 14.2 Å². The van der Waals surface area contributed by atoms with E-state index in [0.717, 1.165) is 60.3 Å². The molecule has 6 heteroatoms. The van der Waals surface area contributed by atoms with Gasteiger partial charge in [0.05, 0.1) is 31.9 Å². The lowest BCUT2D eigenvalue weighted by atomic mass is 9.99. The Bertz CT molecular complexity index is 1220. The van der Waals surface area contributed by atoms with Crippen LogP contribution in [0.25, 0.3) is 11.0 Å². The molecule has 0 atom stereocenters. The van der Waals surface area contributed by atoms with E-state index in [9.17, 15) is 0 Å². The number of fused-ring (bicyclic) bond motifs is 2. The maximum atomic E-state index is 6.03. The smallest absolute Gasteiger partial charge is 0.161 e. The number of ether oxygens (including phenoxy) is 3. The third-order valence-corrected chi connectivity index (χ3v) is 5.98. The summed E-state index contributed by atoms with van der Waals surface area (Å²) in [7, 11) is 3.37. The van der Waals surface area contributed by atoms with Crippen molar-refractivity contribution >= 4 is 11.0 Å². The summed E-state index contributed by atoms with van der Waals surface area (Å²) in [4.78, 5) is 7.30. The second-order valence-corrected chi connectivity index (χ2v) is 7.97. The highest BCUT2D eigenvalue weighted by atomic mass is 16.5. The summed E-state index contributed by atoms with van der Waals surface area (Å²) >= 11 is 0. The van der Waals surface area contributed by atoms with Crippen LogP contribution in [0, 0.1) is 0 Å². The van der Waals surface area contributed by atoms with E-state index in [2.05, 4.69) is 39.8 Å². The molecule has 0 amide bonds. The molecule has 1 aliphatic heterocycles. The number of imidazole rings is 1. The third kappa shape index (κ3) is 4.01. The fourth-order valence-corrected chi connectivity index (χ4v) is 4.32. The Kier molecular flexibility index (Phi) is 5.69. The van der Waals surface area contributed by atoms with E-state index in [1.807, 2.05) is 36.4 Å². The van der Waals surface area contributed by atoms with E-state index in [-0.39, 0.29) is 0 Å². The van der Waals surface area contributed by atoms with Crippen molar-refractivity contribution in [3.05, 3.63) is 83.7 Å². The van der Waals surface area contributed by atoms with Crippen LogP contribution in [-0.4, -0.2) is 35.2 Å². The molecule has 6 nitrogen and oxygen atoms in total. The Morgan fingerprint density at radius 1 is 0.875 bits per heavy atom. The highest BCUT2D eigenvalue weighted by Crippen LogP contribution is 2.33. The number of benzene rings is 3. The van der Waals surface area contributed by atoms with E-state index >= 15 is 0 Å². The Balaban J connectivity index is 1.40. The summed E-state index contributed by atoms with van der Waals surface area (Å²) in [6.45, 7) is 2.99. The SMILES string of the molecule is COc1cc2c(cc1OC)CN(Cn1c(COc3ccccc3)nc3ccccc31)CC2. The lowest BCUT2D eigenvalue weighted by Crippen LogP contribution is -2.33. The van der Waals surface area contributed by atoms with Crippen LogP contribution in [-0.2, 0) is 26.2 Å². The van der Waals surface area contributed by atoms with Gasteiger partial charge in [-0.15, -0.1) is 0 Å². The van der Waals surface area contributed by atoms with Crippen LogP contribution in [0.15, 0.2) is 66.7 Å². The first-order chi connectivity index (χ1) is 15.7. The van der Waals surface area contributed by atoms with E-state index < -0.39 is 0 Å². The molecule has 0 bridgehead atoms. The second kappa shape index (κ2) is 8.93. The molecule has 32 heavy (non-hydrogen) atoms. The van der Waals surface area contributed by atoms with Gasteiger partial charge in [-0.1, -0.05) is 30.3 Å². The number of methoxy groups -OCH3 is 2. The number of hydrogen-bond donors (Lipinski definition) is 0. The van der Waals surface area contributed by atoms with Gasteiger partial charge in [-0.25, -0.2) is 4.98 Å². The van der Waals surface area contributed by atoms with Gasteiger partial charge in [0.1, 0.15) is 18.2 Å². The molecule has 3 aromatic carbocycles. The molecule has 0 N–H and O–H groups in total. The maximum absolute atomic E-state index is 6.03. The molecule has 0 spiro atoms. The predicted octanol–water partition coefficient (Wildman–Crippen LogP) is 4.65. The van der Waals surface area contributed by atoms with Crippen molar-refractivity contribution in [3.63, 3.8) is 0 Å². The largest absolute Gasteiger partial charge is 0.493 e. The zero-order valence-electron chi connectivity index (χ0n) is 18.5. The first-order valence-electron chi connectivity index (χ1n) is 10.8. The molecule has 1 aromatic heterocycles. The van der Waals surface area contributed by atoms with Crippen molar-refractivity contribution in [2.75, 3.05) is 20.8 Å². The van der Waals surface area contributed by atoms with Gasteiger partial charge in [0.2, 0.25) is 0 Å². The zero-order valence-corrected chi connectivity index (χ0v) is 18.5. The fourth-order valence-electron chi connectivity index (χ4n) is 4.32. The molecule has 0 saturated heterocycles. The van der Waals surface area contributed by atoms with Crippen LogP contribution in [0.1, 0.15) is 17.0 Å². The van der Waals surface area contributed by atoms with Gasteiger partial charge in [0.15, 0.2) is 11.5 Å². The van der Waals surface area contributed by atoms with Gasteiger partial charge >= 0.3 is 0 Å². The van der Waals surface area contributed by atoms with Gasteiger partial charge in [-0.3, -0.25) is 4.90 Å². The summed E-state index contributed by atoms with van der Waals surface area (Å²) in [6, 6.07) is 22.4. The Labute approximate surface area is 188 Å². The van der Waals surface area contributed by atoms with Crippen molar-refractivity contribution in [1.82, 2.24) is 14.5 Å². The number of para-hydroxylation sites is 3. The second-order valence-electron chi connectivity index (χ2n) is 7.97. The molecule has 0 radical (unpaired) electrons. The quantitative estimate of drug-likeness (QED) is 0.428. The monoisotopic (exact) mass is 429 g/mol. The molecular formula is C26H27N3O3. The van der Waals surface area contributed by atoms with Crippen LogP contribution in [0.2, 0.25) is 0 Å². The minimum atomic E-state index is 0.425. The lowest BCUT2D eigenvalue weighted by Gasteiger charge is -2.30. The average Bonchev–Trinajstić information content (AvgIpc) is 3.19. The number of nitrogens with zero attached hydrogens (tertiary/aromatic N) is 3. The van der Waals surface area contributed by atoms with E-state index in [1.165, 1.54) is 11.1 Å². The van der Waals surface area contributed by atoms with Crippen LogP contribution >= 0.6 is 0 Å².